The molecule has 0 N–H and O–H groups in total. The molecule has 1 aromatic rings. The molecule has 0 aromatic carbocycles. The van der Waals surface area contributed by atoms with Crippen molar-refractivity contribution in [2.24, 2.45) is 0 Å². The molecule has 0 amide bonds. The van der Waals surface area contributed by atoms with Crippen LogP contribution in [-0.4, -0.2) is 60.6 Å². The molecule has 5 nitrogen and oxygen atoms in total. The lowest BCUT2D eigenvalue weighted by molar-refractivity contribution is -0.141. The lowest BCUT2D eigenvalue weighted by atomic mass is 10.2. The van der Waals surface area contributed by atoms with Crippen molar-refractivity contribution in [3.8, 4) is 0 Å². The van der Waals surface area contributed by atoms with Crippen LogP contribution < -0.4 is 0 Å². The average Bonchev–Trinajstić information content (AvgIpc) is 2.94. The number of rotatable bonds is 7. The SMILES string of the molecule is CCCc1nc(CN2CCN(CCC(=O)OC)CC2)cs1. The van der Waals surface area contributed by atoms with E-state index >= 15 is 0 Å². The van der Waals surface area contributed by atoms with Crippen molar-refractivity contribution < 1.29 is 9.53 Å². The molecule has 2 heterocycles. The highest BCUT2D eigenvalue weighted by Gasteiger charge is 2.18. The highest BCUT2D eigenvalue weighted by molar-refractivity contribution is 7.09. The monoisotopic (exact) mass is 311 g/mol. The van der Waals surface area contributed by atoms with Gasteiger partial charge in [-0.15, -0.1) is 11.3 Å². The Hall–Kier alpha value is -0.980. The minimum absolute atomic E-state index is 0.122. The number of hydrogen-bond donors (Lipinski definition) is 0. The number of methoxy groups -OCH3 is 1. The Balaban J connectivity index is 1.69. The average molecular weight is 311 g/mol. The Bertz CT molecular complexity index is 442. The third kappa shape index (κ3) is 5.37. The zero-order valence-corrected chi connectivity index (χ0v) is 13.8. The molecule has 0 radical (unpaired) electrons. The number of thiazole rings is 1. The molecule has 0 aliphatic carbocycles. The summed E-state index contributed by atoms with van der Waals surface area (Å²) >= 11 is 1.78. The molecule has 0 unspecified atom stereocenters. The Labute approximate surface area is 130 Å². The number of piperazine rings is 1. The van der Waals surface area contributed by atoms with E-state index < -0.39 is 0 Å². The Morgan fingerprint density at radius 3 is 2.71 bits per heavy atom. The molecule has 118 valence electrons. The van der Waals surface area contributed by atoms with Crippen molar-refractivity contribution in [2.75, 3.05) is 39.8 Å². The highest BCUT2D eigenvalue weighted by Crippen LogP contribution is 2.14. The second kappa shape index (κ2) is 8.46. The molecular weight excluding hydrogens is 286 g/mol. The molecule has 1 fully saturated rings. The molecule has 0 atom stereocenters. The first-order chi connectivity index (χ1) is 10.2. The third-order valence-corrected chi connectivity index (χ3v) is 4.73. The minimum Gasteiger partial charge on any atom is -0.469 e. The van der Waals surface area contributed by atoms with Gasteiger partial charge in [0.25, 0.3) is 0 Å². The van der Waals surface area contributed by atoms with Gasteiger partial charge in [-0.3, -0.25) is 9.69 Å². The van der Waals surface area contributed by atoms with Crippen LogP contribution in [-0.2, 0) is 22.5 Å². The van der Waals surface area contributed by atoms with Gasteiger partial charge < -0.3 is 9.64 Å². The lowest BCUT2D eigenvalue weighted by Gasteiger charge is -2.34. The van der Waals surface area contributed by atoms with Gasteiger partial charge in [0, 0.05) is 44.6 Å². The van der Waals surface area contributed by atoms with Crippen molar-refractivity contribution in [3.05, 3.63) is 16.1 Å². The predicted molar refractivity (Wildman–Crippen MR) is 84.5 cm³/mol. The normalized spacial score (nSPS) is 17.0. The summed E-state index contributed by atoms with van der Waals surface area (Å²) in [4.78, 5) is 20.6. The van der Waals surface area contributed by atoms with E-state index in [0.29, 0.717) is 6.42 Å². The van der Waals surface area contributed by atoms with Gasteiger partial charge in [-0.1, -0.05) is 6.92 Å². The summed E-state index contributed by atoms with van der Waals surface area (Å²) in [6.07, 6.45) is 2.74. The molecule has 0 bridgehead atoms. The summed E-state index contributed by atoms with van der Waals surface area (Å²) in [5.74, 6) is -0.122. The first kappa shape index (κ1) is 16.4. The maximum atomic E-state index is 11.1. The molecule has 21 heavy (non-hydrogen) atoms. The lowest BCUT2D eigenvalue weighted by Crippen LogP contribution is -2.46. The van der Waals surface area contributed by atoms with Crippen molar-refractivity contribution in [1.82, 2.24) is 14.8 Å². The molecule has 0 saturated carbocycles. The standard InChI is InChI=1S/C15H25N3O2S/c1-3-4-14-16-13(12-21-14)11-18-9-7-17(8-10-18)6-5-15(19)20-2/h12H,3-11H2,1-2H3. The molecular formula is C15H25N3O2S. The van der Waals surface area contributed by atoms with Crippen LogP contribution in [0, 0.1) is 0 Å². The van der Waals surface area contributed by atoms with E-state index in [1.807, 2.05) is 0 Å². The van der Waals surface area contributed by atoms with Crippen LogP contribution >= 0.6 is 11.3 Å². The van der Waals surface area contributed by atoms with Crippen LogP contribution in [0.25, 0.3) is 0 Å². The van der Waals surface area contributed by atoms with Gasteiger partial charge >= 0.3 is 5.97 Å². The molecule has 6 heteroatoms. The summed E-state index contributed by atoms with van der Waals surface area (Å²) in [6, 6.07) is 0. The van der Waals surface area contributed by atoms with Gasteiger partial charge in [0.2, 0.25) is 0 Å². The second-order valence-corrected chi connectivity index (χ2v) is 6.37. The van der Waals surface area contributed by atoms with Gasteiger partial charge in [-0.05, 0) is 12.8 Å². The molecule has 1 aliphatic rings. The summed E-state index contributed by atoms with van der Waals surface area (Å²) in [5.41, 5.74) is 1.20. The predicted octanol–water partition coefficient (Wildman–Crippen LogP) is 1.78. The number of carbonyl (C=O) groups is 1. The fraction of sp³-hybridized carbons (Fsp3) is 0.733. The molecule has 1 aromatic heterocycles. The maximum absolute atomic E-state index is 11.1. The quantitative estimate of drug-likeness (QED) is 0.718. The van der Waals surface area contributed by atoms with Crippen molar-refractivity contribution in [1.29, 1.82) is 0 Å². The smallest absolute Gasteiger partial charge is 0.306 e. The van der Waals surface area contributed by atoms with Crippen LogP contribution in [0.1, 0.15) is 30.5 Å². The van der Waals surface area contributed by atoms with E-state index in [-0.39, 0.29) is 5.97 Å². The van der Waals surface area contributed by atoms with E-state index in [9.17, 15) is 4.79 Å². The van der Waals surface area contributed by atoms with Gasteiger partial charge in [-0.25, -0.2) is 4.98 Å². The van der Waals surface area contributed by atoms with E-state index in [4.69, 9.17) is 0 Å². The molecule has 1 saturated heterocycles. The molecule has 2 rings (SSSR count). The molecule has 0 spiro atoms. The first-order valence-corrected chi connectivity index (χ1v) is 8.54. The number of carbonyl (C=O) groups excluding carboxylic acids is 1. The topological polar surface area (TPSA) is 45.7 Å². The third-order valence-electron chi connectivity index (χ3n) is 3.77. The van der Waals surface area contributed by atoms with E-state index in [2.05, 4.69) is 31.8 Å². The van der Waals surface area contributed by atoms with Crippen LogP contribution in [0.4, 0.5) is 0 Å². The van der Waals surface area contributed by atoms with Gasteiger partial charge in [0.15, 0.2) is 0 Å². The van der Waals surface area contributed by atoms with E-state index in [0.717, 1.165) is 52.1 Å². The van der Waals surface area contributed by atoms with Crippen LogP contribution in [0.2, 0.25) is 0 Å². The fourth-order valence-corrected chi connectivity index (χ4v) is 3.39. The van der Waals surface area contributed by atoms with Crippen molar-refractivity contribution in [2.45, 2.75) is 32.7 Å². The summed E-state index contributed by atoms with van der Waals surface area (Å²) < 4.78 is 4.68. The van der Waals surface area contributed by atoms with Crippen LogP contribution in [0.5, 0.6) is 0 Å². The first-order valence-electron chi connectivity index (χ1n) is 7.66. The maximum Gasteiger partial charge on any atom is 0.306 e. The Morgan fingerprint density at radius 1 is 1.33 bits per heavy atom. The van der Waals surface area contributed by atoms with Crippen LogP contribution in [0.3, 0.4) is 0 Å². The number of esters is 1. The van der Waals surface area contributed by atoms with Crippen LogP contribution in [0.15, 0.2) is 5.38 Å². The second-order valence-electron chi connectivity index (χ2n) is 5.43. The fourth-order valence-electron chi connectivity index (χ4n) is 2.50. The van der Waals surface area contributed by atoms with E-state index in [1.165, 1.54) is 17.8 Å². The summed E-state index contributed by atoms with van der Waals surface area (Å²) in [6.45, 7) is 8.06. The molecule has 1 aliphatic heterocycles. The zero-order chi connectivity index (χ0) is 15.1. The largest absolute Gasteiger partial charge is 0.469 e. The highest BCUT2D eigenvalue weighted by atomic mass is 32.1. The number of hydrogen-bond acceptors (Lipinski definition) is 6. The number of aromatic nitrogens is 1. The van der Waals surface area contributed by atoms with Crippen molar-refractivity contribution >= 4 is 17.3 Å². The van der Waals surface area contributed by atoms with Gasteiger partial charge in [-0.2, -0.15) is 0 Å². The number of nitrogens with zero attached hydrogens (tertiary/aromatic N) is 3. The number of ether oxygens (including phenoxy) is 1. The van der Waals surface area contributed by atoms with Crippen molar-refractivity contribution in [3.63, 3.8) is 0 Å². The Kier molecular flexibility index (Phi) is 6.60. The summed E-state index contributed by atoms with van der Waals surface area (Å²) in [5, 5.41) is 3.44. The Morgan fingerprint density at radius 2 is 2.05 bits per heavy atom. The minimum atomic E-state index is -0.122. The number of aryl methyl sites for hydroxylation is 1. The zero-order valence-electron chi connectivity index (χ0n) is 13.0. The summed E-state index contributed by atoms with van der Waals surface area (Å²) in [7, 11) is 1.45. The van der Waals surface area contributed by atoms with Gasteiger partial charge in [0.1, 0.15) is 0 Å². The van der Waals surface area contributed by atoms with E-state index in [1.54, 1.807) is 11.3 Å². The van der Waals surface area contributed by atoms with Gasteiger partial charge in [0.05, 0.1) is 24.2 Å².